The minimum Gasteiger partial charge on any atom is -0.440 e. The standard InChI is InChI=1S/C19H19N3O5S/c1-28(25,26)15-9-7-13(8-10-15)17-18(14-5-3-2-4-6-14)27-16(21-17)11-12-22(24)19(20)23/h2-10,24H,11-12H2,1H3,(H2,20,23). The number of oxazole rings is 1. The second-order valence-electron chi connectivity index (χ2n) is 6.16. The molecule has 0 fully saturated rings. The second kappa shape index (κ2) is 7.83. The van der Waals surface area contributed by atoms with E-state index in [2.05, 4.69) is 4.98 Å². The van der Waals surface area contributed by atoms with Crippen molar-refractivity contribution in [3.05, 3.63) is 60.5 Å². The number of hydroxylamine groups is 2. The molecule has 0 aliphatic heterocycles. The molecule has 146 valence electrons. The largest absolute Gasteiger partial charge is 0.440 e. The Morgan fingerprint density at radius 1 is 1.11 bits per heavy atom. The first-order valence-electron chi connectivity index (χ1n) is 8.37. The molecule has 0 spiro atoms. The molecule has 2 amide bonds. The predicted molar refractivity (Wildman–Crippen MR) is 102 cm³/mol. The van der Waals surface area contributed by atoms with Crippen LogP contribution in [0.2, 0.25) is 0 Å². The maximum atomic E-state index is 11.7. The van der Waals surface area contributed by atoms with Crippen LogP contribution in [-0.4, -0.2) is 42.5 Å². The SMILES string of the molecule is CS(=O)(=O)c1ccc(-c2nc(CCN(O)C(N)=O)oc2-c2ccccc2)cc1. The number of nitrogens with zero attached hydrogens (tertiary/aromatic N) is 2. The van der Waals surface area contributed by atoms with Gasteiger partial charge in [0.1, 0.15) is 5.69 Å². The molecule has 0 saturated heterocycles. The summed E-state index contributed by atoms with van der Waals surface area (Å²) in [5, 5.41) is 9.82. The minimum absolute atomic E-state index is 0.0729. The van der Waals surface area contributed by atoms with Gasteiger partial charge in [-0.05, 0) is 12.1 Å². The van der Waals surface area contributed by atoms with E-state index in [-0.39, 0.29) is 17.9 Å². The summed E-state index contributed by atoms with van der Waals surface area (Å²) in [6, 6.07) is 14.7. The number of sulfone groups is 1. The average molecular weight is 401 g/mol. The minimum atomic E-state index is -3.31. The summed E-state index contributed by atoms with van der Waals surface area (Å²) in [7, 11) is -3.31. The predicted octanol–water partition coefficient (Wildman–Crippen LogP) is 2.72. The number of nitrogens with two attached hydrogens (primary N) is 1. The Labute approximate surface area is 162 Å². The van der Waals surface area contributed by atoms with Crippen LogP contribution >= 0.6 is 0 Å². The fourth-order valence-electron chi connectivity index (χ4n) is 2.62. The maximum Gasteiger partial charge on any atom is 0.338 e. The van der Waals surface area contributed by atoms with Crippen LogP contribution in [0, 0.1) is 0 Å². The van der Waals surface area contributed by atoms with Gasteiger partial charge in [-0.3, -0.25) is 5.21 Å². The van der Waals surface area contributed by atoms with E-state index in [1.807, 2.05) is 30.3 Å². The quantitative estimate of drug-likeness (QED) is 0.483. The van der Waals surface area contributed by atoms with Crippen LogP contribution in [0.25, 0.3) is 22.6 Å². The van der Waals surface area contributed by atoms with E-state index in [1.165, 1.54) is 12.1 Å². The highest BCUT2D eigenvalue weighted by atomic mass is 32.2. The molecule has 9 heteroatoms. The van der Waals surface area contributed by atoms with Gasteiger partial charge in [0.05, 0.1) is 11.4 Å². The van der Waals surface area contributed by atoms with E-state index in [0.29, 0.717) is 28.0 Å². The molecule has 3 aromatic rings. The molecule has 3 N–H and O–H groups in total. The third kappa shape index (κ3) is 4.38. The molecule has 2 aromatic carbocycles. The maximum absolute atomic E-state index is 11.7. The third-order valence-electron chi connectivity index (χ3n) is 4.06. The third-order valence-corrected chi connectivity index (χ3v) is 5.18. The molecular weight excluding hydrogens is 382 g/mol. The molecule has 0 unspecified atom stereocenters. The first-order chi connectivity index (χ1) is 13.3. The smallest absolute Gasteiger partial charge is 0.338 e. The number of urea groups is 1. The summed E-state index contributed by atoms with van der Waals surface area (Å²) in [5.74, 6) is 0.813. The van der Waals surface area contributed by atoms with Crippen molar-refractivity contribution in [2.45, 2.75) is 11.3 Å². The van der Waals surface area contributed by atoms with Crippen LogP contribution in [0.4, 0.5) is 4.79 Å². The number of aromatic nitrogens is 1. The molecule has 0 bridgehead atoms. The lowest BCUT2D eigenvalue weighted by atomic mass is 10.1. The van der Waals surface area contributed by atoms with Crippen molar-refractivity contribution in [1.29, 1.82) is 0 Å². The van der Waals surface area contributed by atoms with Crippen molar-refractivity contribution in [3.63, 3.8) is 0 Å². The normalized spacial score (nSPS) is 11.4. The van der Waals surface area contributed by atoms with Gasteiger partial charge in [-0.25, -0.2) is 23.3 Å². The summed E-state index contributed by atoms with van der Waals surface area (Å²) in [5.41, 5.74) is 7.00. The Morgan fingerprint density at radius 3 is 2.32 bits per heavy atom. The first kappa shape index (κ1) is 19.6. The Kier molecular flexibility index (Phi) is 5.48. The number of carbonyl (C=O) groups is 1. The van der Waals surface area contributed by atoms with Crippen molar-refractivity contribution in [3.8, 4) is 22.6 Å². The van der Waals surface area contributed by atoms with E-state index in [0.717, 1.165) is 11.8 Å². The van der Waals surface area contributed by atoms with Gasteiger partial charge in [-0.15, -0.1) is 0 Å². The first-order valence-corrected chi connectivity index (χ1v) is 10.3. The fraction of sp³-hybridized carbons (Fsp3) is 0.158. The second-order valence-corrected chi connectivity index (χ2v) is 8.18. The average Bonchev–Trinajstić information content (AvgIpc) is 3.10. The van der Waals surface area contributed by atoms with Gasteiger partial charge in [-0.2, -0.15) is 0 Å². The van der Waals surface area contributed by atoms with Crippen molar-refractivity contribution in [1.82, 2.24) is 10.0 Å². The number of amides is 2. The molecule has 0 aliphatic carbocycles. The van der Waals surface area contributed by atoms with Gasteiger partial charge in [0.25, 0.3) is 0 Å². The van der Waals surface area contributed by atoms with Crippen LogP contribution in [0.15, 0.2) is 63.9 Å². The van der Waals surface area contributed by atoms with Gasteiger partial charge in [0.15, 0.2) is 21.5 Å². The number of primary amides is 1. The molecule has 0 atom stereocenters. The zero-order chi connectivity index (χ0) is 20.3. The topological polar surface area (TPSA) is 127 Å². The van der Waals surface area contributed by atoms with Gasteiger partial charge in [0.2, 0.25) is 0 Å². The van der Waals surface area contributed by atoms with E-state index < -0.39 is 15.9 Å². The number of benzene rings is 2. The Balaban J connectivity index is 2.00. The zero-order valence-corrected chi connectivity index (χ0v) is 15.9. The van der Waals surface area contributed by atoms with Crippen LogP contribution in [0.1, 0.15) is 5.89 Å². The molecule has 0 radical (unpaired) electrons. The highest BCUT2D eigenvalue weighted by molar-refractivity contribution is 7.90. The van der Waals surface area contributed by atoms with Crippen molar-refractivity contribution in [2.24, 2.45) is 5.73 Å². The molecular formula is C19H19N3O5S. The van der Waals surface area contributed by atoms with Crippen LogP contribution in [0.3, 0.4) is 0 Å². The van der Waals surface area contributed by atoms with Crippen LogP contribution < -0.4 is 5.73 Å². The molecule has 28 heavy (non-hydrogen) atoms. The summed E-state index contributed by atoms with van der Waals surface area (Å²) < 4.78 is 29.2. The molecule has 8 nitrogen and oxygen atoms in total. The van der Waals surface area contributed by atoms with Crippen LogP contribution in [0.5, 0.6) is 0 Å². The van der Waals surface area contributed by atoms with Gasteiger partial charge >= 0.3 is 6.03 Å². The van der Waals surface area contributed by atoms with Crippen molar-refractivity contribution in [2.75, 3.05) is 12.8 Å². The summed E-state index contributed by atoms with van der Waals surface area (Å²) in [6.07, 6.45) is 1.30. The molecule has 1 aromatic heterocycles. The lowest BCUT2D eigenvalue weighted by Crippen LogP contribution is -2.34. The number of hydrogen-bond acceptors (Lipinski definition) is 6. The Hall–Kier alpha value is -3.17. The van der Waals surface area contributed by atoms with E-state index in [9.17, 15) is 18.4 Å². The summed E-state index contributed by atoms with van der Waals surface area (Å²) in [6.45, 7) is -0.0729. The Bertz CT molecular complexity index is 1080. The molecule has 0 saturated carbocycles. The highest BCUT2D eigenvalue weighted by Crippen LogP contribution is 2.33. The van der Waals surface area contributed by atoms with Crippen molar-refractivity contribution < 1.29 is 22.8 Å². The molecule has 1 heterocycles. The van der Waals surface area contributed by atoms with Crippen LogP contribution in [-0.2, 0) is 16.3 Å². The number of hydrogen-bond donors (Lipinski definition) is 2. The summed E-state index contributed by atoms with van der Waals surface area (Å²) >= 11 is 0. The molecule has 3 rings (SSSR count). The van der Waals surface area contributed by atoms with E-state index >= 15 is 0 Å². The number of carbonyl (C=O) groups excluding carboxylic acids is 1. The summed E-state index contributed by atoms with van der Waals surface area (Å²) in [4.78, 5) is 15.6. The van der Waals surface area contributed by atoms with E-state index in [1.54, 1.807) is 12.1 Å². The van der Waals surface area contributed by atoms with Crippen molar-refractivity contribution >= 4 is 15.9 Å². The zero-order valence-electron chi connectivity index (χ0n) is 15.1. The fourth-order valence-corrected chi connectivity index (χ4v) is 3.25. The number of rotatable bonds is 6. The Morgan fingerprint density at radius 2 is 1.75 bits per heavy atom. The van der Waals surface area contributed by atoms with Gasteiger partial charge in [-0.1, -0.05) is 42.5 Å². The lowest BCUT2D eigenvalue weighted by Gasteiger charge is -2.09. The molecule has 0 aliphatic rings. The van der Waals surface area contributed by atoms with E-state index in [4.69, 9.17) is 10.2 Å². The lowest BCUT2D eigenvalue weighted by molar-refractivity contribution is -0.0392. The highest BCUT2D eigenvalue weighted by Gasteiger charge is 2.18. The monoisotopic (exact) mass is 401 g/mol. The van der Waals surface area contributed by atoms with Gasteiger partial charge in [0, 0.05) is 23.8 Å². The van der Waals surface area contributed by atoms with Gasteiger partial charge < -0.3 is 10.2 Å².